The van der Waals surface area contributed by atoms with E-state index >= 15 is 0 Å². The molecule has 0 aliphatic heterocycles. The van der Waals surface area contributed by atoms with Crippen LogP contribution in [0.1, 0.15) is 23.7 Å². The van der Waals surface area contributed by atoms with Crippen molar-refractivity contribution >= 4 is 17.4 Å². The van der Waals surface area contributed by atoms with Crippen LogP contribution in [0.2, 0.25) is 0 Å². The number of Topliss-reactive ketones (excluding diaryl/α,β-unsaturated/α-hetero) is 1. The van der Waals surface area contributed by atoms with Crippen LogP contribution >= 0.6 is 0 Å². The van der Waals surface area contributed by atoms with Gasteiger partial charge in [-0.05, 0) is 31.2 Å². The first-order valence-electron chi connectivity index (χ1n) is 5.49. The molecule has 94 valence electrons. The van der Waals surface area contributed by atoms with Crippen molar-refractivity contribution in [1.29, 1.82) is 5.26 Å². The van der Waals surface area contributed by atoms with Gasteiger partial charge < -0.3 is 10.0 Å². The highest BCUT2D eigenvalue weighted by atomic mass is 16.4. The third-order valence-corrected chi connectivity index (χ3v) is 2.50. The Kier molecular flexibility index (Phi) is 4.88. The number of aliphatic carboxylic acids is 1. The highest BCUT2D eigenvalue weighted by molar-refractivity contribution is 5.94. The summed E-state index contributed by atoms with van der Waals surface area (Å²) < 4.78 is 0. The van der Waals surface area contributed by atoms with E-state index in [1.54, 1.807) is 29.2 Å². The SMILES string of the molecule is CC(=O)c1ccc(N(CC#N)CCC(=O)O)cc1. The number of carboxylic acid groups (broad SMARTS) is 1. The number of hydrogen-bond donors (Lipinski definition) is 1. The van der Waals surface area contributed by atoms with Crippen LogP contribution in [0.15, 0.2) is 24.3 Å². The van der Waals surface area contributed by atoms with Crippen LogP contribution in [-0.4, -0.2) is 29.9 Å². The van der Waals surface area contributed by atoms with Crippen LogP contribution in [0.4, 0.5) is 5.69 Å². The first kappa shape index (κ1) is 13.7. The number of benzene rings is 1. The second-order valence-electron chi connectivity index (χ2n) is 3.83. The number of hydrogen-bond acceptors (Lipinski definition) is 4. The number of rotatable bonds is 6. The maximum Gasteiger partial charge on any atom is 0.305 e. The Morgan fingerprint density at radius 1 is 1.33 bits per heavy atom. The van der Waals surface area contributed by atoms with Crippen LogP contribution < -0.4 is 4.90 Å². The van der Waals surface area contributed by atoms with Gasteiger partial charge in [-0.2, -0.15) is 5.26 Å². The zero-order valence-corrected chi connectivity index (χ0v) is 10.1. The molecule has 1 rings (SSSR count). The molecule has 1 aromatic carbocycles. The molecule has 0 aliphatic carbocycles. The van der Waals surface area contributed by atoms with Crippen molar-refractivity contribution in [2.75, 3.05) is 18.0 Å². The predicted octanol–water partition coefficient (Wildman–Crippen LogP) is 1.69. The fourth-order valence-electron chi connectivity index (χ4n) is 1.52. The number of nitriles is 1. The largest absolute Gasteiger partial charge is 0.481 e. The van der Waals surface area contributed by atoms with Crippen molar-refractivity contribution in [3.8, 4) is 6.07 Å². The van der Waals surface area contributed by atoms with Crippen LogP contribution in [-0.2, 0) is 4.79 Å². The molecule has 0 fully saturated rings. The Bertz CT molecular complexity index is 474. The molecule has 0 aromatic heterocycles. The Hall–Kier alpha value is -2.35. The van der Waals surface area contributed by atoms with Crippen molar-refractivity contribution in [3.05, 3.63) is 29.8 Å². The smallest absolute Gasteiger partial charge is 0.305 e. The molecule has 0 aliphatic rings. The summed E-state index contributed by atoms with van der Waals surface area (Å²) in [6, 6.07) is 8.77. The van der Waals surface area contributed by atoms with Gasteiger partial charge in [-0.3, -0.25) is 9.59 Å². The van der Waals surface area contributed by atoms with E-state index in [0.29, 0.717) is 5.56 Å². The minimum atomic E-state index is -0.904. The number of carboxylic acids is 1. The third kappa shape index (κ3) is 3.91. The summed E-state index contributed by atoms with van der Waals surface area (Å²) in [7, 11) is 0. The number of ketones is 1. The average Bonchev–Trinajstić information content (AvgIpc) is 2.34. The van der Waals surface area contributed by atoms with Crippen LogP contribution in [0.25, 0.3) is 0 Å². The summed E-state index contributed by atoms with van der Waals surface area (Å²) in [6.45, 7) is 1.86. The predicted molar refractivity (Wildman–Crippen MR) is 66.5 cm³/mol. The number of nitrogens with zero attached hydrogens (tertiary/aromatic N) is 2. The Morgan fingerprint density at radius 2 is 1.94 bits per heavy atom. The van der Waals surface area contributed by atoms with Gasteiger partial charge in [-0.15, -0.1) is 0 Å². The van der Waals surface area contributed by atoms with Gasteiger partial charge in [0, 0.05) is 17.8 Å². The normalized spacial score (nSPS) is 9.56. The minimum Gasteiger partial charge on any atom is -0.481 e. The van der Waals surface area contributed by atoms with Gasteiger partial charge in [0.15, 0.2) is 5.78 Å². The molecule has 0 saturated heterocycles. The summed E-state index contributed by atoms with van der Waals surface area (Å²) in [5.41, 5.74) is 1.33. The average molecular weight is 246 g/mol. The summed E-state index contributed by atoms with van der Waals surface area (Å²) in [5, 5.41) is 17.4. The molecule has 18 heavy (non-hydrogen) atoms. The zero-order chi connectivity index (χ0) is 13.5. The van der Waals surface area contributed by atoms with E-state index in [0.717, 1.165) is 5.69 Å². The maximum atomic E-state index is 11.1. The van der Waals surface area contributed by atoms with Crippen molar-refractivity contribution in [1.82, 2.24) is 0 Å². The maximum absolute atomic E-state index is 11.1. The zero-order valence-electron chi connectivity index (χ0n) is 10.1. The second-order valence-corrected chi connectivity index (χ2v) is 3.83. The van der Waals surface area contributed by atoms with Gasteiger partial charge in [-0.1, -0.05) is 0 Å². The lowest BCUT2D eigenvalue weighted by Crippen LogP contribution is -2.26. The van der Waals surface area contributed by atoms with E-state index in [-0.39, 0.29) is 25.3 Å². The Balaban J connectivity index is 2.82. The van der Waals surface area contributed by atoms with E-state index < -0.39 is 5.97 Å². The Morgan fingerprint density at radius 3 is 2.39 bits per heavy atom. The highest BCUT2D eigenvalue weighted by Crippen LogP contribution is 2.15. The van der Waals surface area contributed by atoms with Crippen molar-refractivity contribution in [3.63, 3.8) is 0 Å². The van der Waals surface area contributed by atoms with Crippen molar-refractivity contribution < 1.29 is 14.7 Å². The molecule has 1 aromatic rings. The molecule has 0 radical (unpaired) electrons. The van der Waals surface area contributed by atoms with Crippen LogP contribution in [0.3, 0.4) is 0 Å². The molecular formula is C13H14N2O3. The summed E-state index contributed by atoms with van der Waals surface area (Å²) >= 11 is 0. The van der Waals surface area contributed by atoms with E-state index in [1.165, 1.54) is 6.92 Å². The van der Waals surface area contributed by atoms with Gasteiger partial charge in [0.1, 0.15) is 6.54 Å². The van der Waals surface area contributed by atoms with Gasteiger partial charge in [0.2, 0.25) is 0 Å². The van der Waals surface area contributed by atoms with Crippen LogP contribution in [0.5, 0.6) is 0 Å². The molecule has 0 spiro atoms. The van der Waals surface area contributed by atoms with Gasteiger partial charge in [0.05, 0.1) is 12.5 Å². The van der Waals surface area contributed by atoms with E-state index in [2.05, 4.69) is 0 Å². The molecule has 0 atom stereocenters. The number of anilines is 1. The Labute approximate surface area is 105 Å². The lowest BCUT2D eigenvalue weighted by atomic mass is 10.1. The number of carbonyl (C=O) groups excluding carboxylic acids is 1. The lowest BCUT2D eigenvalue weighted by Gasteiger charge is -2.20. The molecule has 0 amide bonds. The topological polar surface area (TPSA) is 81.4 Å². The summed E-state index contributed by atoms with van der Waals surface area (Å²) in [4.78, 5) is 23.3. The first-order valence-corrected chi connectivity index (χ1v) is 5.49. The van der Waals surface area contributed by atoms with E-state index in [4.69, 9.17) is 10.4 Å². The third-order valence-electron chi connectivity index (χ3n) is 2.50. The van der Waals surface area contributed by atoms with E-state index in [9.17, 15) is 9.59 Å². The quantitative estimate of drug-likeness (QED) is 0.610. The highest BCUT2D eigenvalue weighted by Gasteiger charge is 2.09. The number of carbonyl (C=O) groups is 2. The molecule has 0 bridgehead atoms. The fourth-order valence-corrected chi connectivity index (χ4v) is 1.52. The molecule has 5 heteroatoms. The van der Waals surface area contributed by atoms with Crippen molar-refractivity contribution in [2.24, 2.45) is 0 Å². The molecular weight excluding hydrogens is 232 g/mol. The fraction of sp³-hybridized carbons (Fsp3) is 0.308. The van der Waals surface area contributed by atoms with Gasteiger partial charge in [0.25, 0.3) is 0 Å². The molecule has 1 N–H and O–H groups in total. The lowest BCUT2D eigenvalue weighted by molar-refractivity contribution is -0.136. The molecule has 0 unspecified atom stereocenters. The molecule has 0 heterocycles. The van der Waals surface area contributed by atoms with E-state index in [1.807, 2.05) is 6.07 Å². The second kappa shape index (κ2) is 6.40. The van der Waals surface area contributed by atoms with Crippen molar-refractivity contribution in [2.45, 2.75) is 13.3 Å². The first-order chi connectivity index (χ1) is 8.54. The van der Waals surface area contributed by atoms with Gasteiger partial charge in [-0.25, -0.2) is 0 Å². The summed E-state index contributed by atoms with van der Waals surface area (Å²) in [6.07, 6.45) is -0.0316. The van der Waals surface area contributed by atoms with Gasteiger partial charge >= 0.3 is 5.97 Å². The molecule has 0 saturated carbocycles. The minimum absolute atomic E-state index is 0.0288. The summed E-state index contributed by atoms with van der Waals surface area (Å²) in [5.74, 6) is -0.933. The molecule has 5 nitrogen and oxygen atoms in total. The standard InChI is InChI=1S/C13H14N2O3/c1-10(16)11-2-4-12(5-3-11)15(9-7-14)8-6-13(17)18/h2-5H,6,8-9H2,1H3,(H,17,18). The van der Waals surface area contributed by atoms with Crippen LogP contribution in [0, 0.1) is 11.3 Å². The monoisotopic (exact) mass is 246 g/mol.